The number of fused-ring (bicyclic) bond motifs is 1. The third-order valence-electron chi connectivity index (χ3n) is 4.25. The Morgan fingerprint density at radius 3 is 2.70 bits per heavy atom. The molecule has 8 heteroatoms. The quantitative estimate of drug-likeness (QED) is 0.750. The van der Waals surface area contributed by atoms with E-state index in [0.29, 0.717) is 30.1 Å². The zero-order valence-corrected chi connectivity index (χ0v) is 14.2. The van der Waals surface area contributed by atoms with Crippen LogP contribution in [0.3, 0.4) is 0 Å². The van der Waals surface area contributed by atoms with Crippen molar-refractivity contribution in [3.8, 4) is 0 Å². The summed E-state index contributed by atoms with van der Waals surface area (Å²) in [5.74, 6) is 0.684. The molecular weight excluding hydrogens is 298 g/mol. The Labute approximate surface area is 134 Å². The monoisotopic (exact) mass is 323 g/mol. The third kappa shape index (κ3) is 3.37. The van der Waals surface area contributed by atoms with Gasteiger partial charge in [0.25, 0.3) is 5.56 Å². The number of likely N-dealkylation sites (N-methyl/N-ethyl adjacent to an activating group) is 1. The Morgan fingerprint density at radius 1 is 1.39 bits per heavy atom. The molecule has 0 spiro atoms. The zero-order chi connectivity index (χ0) is 17.1. The molecule has 0 fully saturated rings. The first-order valence-electron chi connectivity index (χ1n) is 7.90. The summed E-state index contributed by atoms with van der Waals surface area (Å²) in [5.41, 5.74) is -0.00922. The average Bonchev–Trinajstić information content (AvgIpc) is 2.83. The lowest BCUT2D eigenvalue weighted by molar-refractivity contribution is 0.151. The molecule has 1 atom stereocenters. The number of aryl methyl sites for hydroxylation is 2. The molecule has 0 saturated carbocycles. The highest BCUT2D eigenvalue weighted by atomic mass is 16.3. The Kier molecular flexibility index (Phi) is 5.38. The number of aliphatic hydroxyl groups excluding tert-OH is 1. The second kappa shape index (κ2) is 7.10. The number of aromatic amines is 1. The number of H-pyrrole nitrogens is 1. The molecule has 0 aromatic carbocycles. The first-order valence-corrected chi connectivity index (χ1v) is 7.90. The normalized spacial score (nSPS) is 13.1. The Balaban J connectivity index is 2.53. The molecule has 2 rings (SSSR count). The summed E-state index contributed by atoms with van der Waals surface area (Å²) < 4.78 is 3.25. The van der Waals surface area contributed by atoms with Gasteiger partial charge in [0.1, 0.15) is 5.82 Å². The number of aromatic nitrogens is 4. The smallest absolute Gasteiger partial charge is 0.330 e. The van der Waals surface area contributed by atoms with Gasteiger partial charge in [-0.15, -0.1) is 0 Å². The third-order valence-corrected chi connectivity index (χ3v) is 4.25. The van der Waals surface area contributed by atoms with E-state index in [1.54, 1.807) is 11.6 Å². The molecule has 2 N–H and O–H groups in total. The molecule has 128 valence electrons. The van der Waals surface area contributed by atoms with Crippen molar-refractivity contribution in [1.29, 1.82) is 0 Å². The molecule has 0 aliphatic rings. The van der Waals surface area contributed by atoms with Crippen molar-refractivity contribution in [2.75, 3.05) is 13.7 Å². The molecule has 1 unspecified atom stereocenters. The van der Waals surface area contributed by atoms with Gasteiger partial charge in [-0.3, -0.25) is 19.2 Å². The summed E-state index contributed by atoms with van der Waals surface area (Å²) in [4.78, 5) is 33.1. The van der Waals surface area contributed by atoms with Crippen molar-refractivity contribution in [2.45, 2.75) is 45.8 Å². The first kappa shape index (κ1) is 17.4. The lowest BCUT2D eigenvalue weighted by Crippen LogP contribution is -2.32. The molecule has 2 aromatic heterocycles. The fourth-order valence-corrected chi connectivity index (χ4v) is 2.47. The van der Waals surface area contributed by atoms with Crippen molar-refractivity contribution >= 4 is 11.2 Å². The number of rotatable bonds is 7. The largest absolute Gasteiger partial charge is 0.395 e. The maximum Gasteiger partial charge on any atom is 0.330 e. The first-order chi connectivity index (χ1) is 10.9. The molecule has 0 bridgehead atoms. The van der Waals surface area contributed by atoms with Crippen molar-refractivity contribution < 1.29 is 5.11 Å². The Bertz CT molecular complexity index is 789. The van der Waals surface area contributed by atoms with E-state index in [1.807, 2.05) is 25.8 Å². The number of aliphatic hydroxyl groups is 1. The van der Waals surface area contributed by atoms with Gasteiger partial charge in [-0.1, -0.05) is 13.3 Å². The molecule has 0 radical (unpaired) electrons. The van der Waals surface area contributed by atoms with Crippen LogP contribution < -0.4 is 11.2 Å². The van der Waals surface area contributed by atoms with Gasteiger partial charge in [0.05, 0.1) is 13.2 Å². The molecule has 23 heavy (non-hydrogen) atoms. The molecule has 2 heterocycles. The predicted octanol–water partition coefficient (Wildman–Crippen LogP) is 0.0360. The highest BCUT2D eigenvalue weighted by Crippen LogP contribution is 2.12. The van der Waals surface area contributed by atoms with Crippen LogP contribution in [0.25, 0.3) is 11.2 Å². The van der Waals surface area contributed by atoms with E-state index < -0.39 is 11.2 Å². The number of hydrogen-bond donors (Lipinski definition) is 2. The standard InChI is InChI=1S/C15H25N5O3/c1-5-6-7-20-13-12(14(22)17-15(20)23)19(4)11(16-13)8-18(3)10(2)9-21/h10,21H,5-9H2,1-4H3,(H,17,22,23). The summed E-state index contributed by atoms with van der Waals surface area (Å²) in [6.07, 6.45) is 1.79. The summed E-state index contributed by atoms with van der Waals surface area (Å²) in [5, 5.41) is 9.24. The molecule has 0 aliphatic carbocycles. The predicted molar refractivity (Wildman–Crippen MR) is 88.5 cm³/mol. The summed E-state index contributed by atoms with van der Waals surface area (Å²) in [7, 11) is 3.65. The van der Waals surface area contributed by atoms with Crippen molar-refractivity contribution in [3.05, 3.63) is 26.7 Å². The highest BCUT2D eigenvalue weighted by Gasteiger charge is 2.18. The SMILES string of the molecule is CCCCn1c(=O)[nH]c(=O)c2c1nc(CN(C)C(C)CO)n2C. The highest BCUT2D eigenvalue weighted by molar-refractivity contribution is 5.70. The van der Waals surface area contributed by atoms with Crippen LogP contribution in [-0.4, -0.2) is 48.8 Å². The number of nitrogens with zero attached hydrogens (tertiary/aromatic N) is 4. The van der Waals surface area contributed by atoms with E-state index >= 15 is 0 Å². The molecule has 0 amide bonds. The van der Waals surface area contributed by atoms with E-state index in [0.717, 1.165) is 12.8 Å². The molecular formula is C15H25N5O3. The van der Waals surface area contributed by atoms with Crippen LogP contribution in [-0.2, 0) is 20.1 Å². The van der Waals surface area contributed by atoms with Gasteiger partial charge in [-0.2, -0.15) is 0 Å². The molecule has 8 nitrogen and oxygen atoms in total. The molecule has 2 aromatic rings. The van der Waals surface area contributed by atoms with Gasteiger partial charge in [0, 0.05) is 19.6 Å². The van der Waals surface area contributed by atoms with Gasteiger partial charge in [0.2, 0.25) is 0 Å². The fraction of sp³-hybridized carbons (Fsp3) is 0.667. The van der Waals surface area contributed by atoms with E-state index in [1.165, 1.54) is 4.57 Å². The van der Waals surface area contributed by atoms with Crippen molar-refractivity contribution in [1.82, 2.24) is 24.0 Å². The maximum atomic E-state index is 12.2. The van der Waals surface area contributed by atoms with Crippen LogP contribution in [0.1, 0.15) is 32.5 Å². The lowest BCUT2D eigenvalue weighted by atomic mass is 10.3. The van der Waals surface area contributed by atoms with Crippen LogP contribution in [0.4, 0.5) is 0 Å². The van der Waals surface area contributed by atoms with Crippen LogP contribution in [0.15, 0.2) is 9.59 Å². The summed E-state index contributed by atoms with van der Waals surface area (Å²) in [6, 6.07) is -0.0182. The van der Waals surface area contributed by atoms with Gasteiger partial charge in [-0.05, 0) is 20.4 Å². The minimum absolute atomic E-state index is 0.0182. The van der Waals surface area contributed by atoms with Gasteiger partial charge >= 0.3 is 5.69 Å². The van der Waals surface area contributed by atoms with Crippen LogP contribution in [0, 0.1) is 0 Å². The zero-order valence-electron chi connectivity index (χ0n) is 14.2. The van der Waals surface area contributed by atoms with E-state index in [4.69, 9.17) is 0 Å². The lowest BCUT2D eigenvalue weighted by Gasteiger charge is -2.22. The van der Waals surface area contributed by atoms with Crippen molar-refractivity contribution in [2.24, 2.45) is 7.05 Å². The Morgan fingerprint density at radius 2 is 2.09 bits per heavy atom. The average molecular weight is 323 g/mol. The fourth-order valence-electron chi connectivity index (χ4n) is 2.47. The number of nitrogens with one attached hydrogen (secondary N) is 1. The minimum atomic E-state index is -0.420. The van der Waals surface area contributed by atoms with Gasteiger partial charge < -0.3 is 9.67 Å². The van der Waals surface area contributed by atoms with Crippen LogP contribution >= 0.6 is 0 Å². The number of hydrogen-bond acceptors (Lipinski definition) is 5. The maximum absolute atomic E-state index is 12.2. The number of imidazole rings is 1. The second-order valence-electron chi connectivity index (χ2n) is 5.97. The summed E-state index contributed by atoms with van der Waals surface area (Å²) >= 11 is 0. The van der Waals surface area contributed by atoms with Gasteiger partial charge in [-0.25, -0.2) is 9.78 Å². The topological polar surface area (TPSA) is 96.2 Å². The Hall–Kier alpha value is -1.93. The number of unbranched alkanes of at least 4 members (excludes halogenated alkanes) is 1. The minimum Gasteiger partial charge on any atom is -0.395 e. The molecule has 0 saturated heterocycles. The second-order valence-corrected chi connectivity index (χ2v) is 5.97. The van der Waals surface area contributed by atoms with E-state index in [2.05, 4.69) is 9.97 Å². The molecule has 0 aliphatic heterocycles. The van der Waals surface area contributed by atoms with E-state index in [9.17, 15) is 14.7 Å². The summed E-state index contributed by atoms with van der Waals surface area (Å²) in [6.45, 7) is 5.01. The van der Waals surface area contributed by atoms with Crippen LogP contribution in [0.2, 0.25) is 0 Å². The van der Waals surface area contributed by atoms with E-state index in [-0.39, 0.29) is 12.6 Å². The van der Waals surface area contributed by atoms with Gasteiger partial charge in [0.15, 0.2) is 11.2 Å². The van der Waals surface area contributed by atoms with Crippen molar-refractivity contribution in [3.63, 3.8) is 0 Å². The van der Waals surface area contributed by atoms with Crippen LogP contribution in [0.5, 0.6) is 0 Å².